The summed E-state index contributed by atoms with van der Waals surface area (Å²) in [5, 5.41) is 3.06. The molecular weight excluding hydrogens is 292 g/mol. The zero-order chi connectivity index (χ0) is 12.8. The summed E-state index contributed by atoms with van der Waals surface area (Å²) in [6, 6.07) is 5.32. The van der Waals surface area contributed by atoms with Crippen LogP contribution in [0.1, 0.15) is 36.0 Å². The van der Waals surface area contributed by atoms with Crippen molar-refractivity contribution in [3.05, 3.63) is 28.2 Å². The van der Waals surface area contributed by atoms with Crippen LogP contribution in [0, 0.1) is 11.3 Å². The summed E-state index contributed by atoms with van der Waals surface area (Å²) in [6.45, 7) is 0.822. The van der Waals surface area contributed by atoms with E-state index in [1.807, 2.05) is 6.07 Å². The van der Waals surface area contributed by atoms with Crippen molar-refractivity contribution in [2.45, 2.75) is 25.7 Å². The maximum Gasteiger partial charge on any atom is 0.251 e. The van der Waals surface area contributed by atoms with Gasteiger partial charge in [-0.2, -0.15) is 0 Å². The minimum Gasteiger partial charge on any atom is -0.399 e. The highest BCUT2D eigenvalue weighted by Gasteiger charge is 2.53. The topological polar surface area (TPSA) is 55.1 Å². The average molecular weight is 309 g/mol. The Bertz CT molecular complexity index is 472. The summed E-state index contributed by atoms with van der Waals surface area (Å²) in [6.07, 6.45) is 5.25. The number of hydrogen-bond acceptors (Lipinski definition) is 2. The molecule has 0 aliphatic heterocycles. The number of nitrogen functional groups attached to an aromatic ring is 1. The van der Waals surface area contributed by atoms with Gasteiger partial charge in [-0.3, -0.25) is 4.79 Å². The summed E-state index contributed by atoms with van der Waals surface area (Å²) in [5.41, 5.74) is 7.42. The van der Waals surface area contributed by atoms with Gasteiger partial charge in [-0.05, 0) is 55.2 Å². The molecular formula is C14H17BrN2O. The smallest absolute Gasteiger partial charge is 0.251 e. The fourth-order valence-electron chi connectivity index (χ4n) is 2.69. The molecule has 0 heterocycles. The van der Waals surface area contributed by atoms with Crippen molar-refractivity contribution in [1.82, 2.24) is 5.32 Å². The van der Waals surface area contributed by atoms with Crippen molar-refractivity contribution in [2.75, 3.05) is 12.3 Å². The molecule has 3 N–H and O–H groups in total. The Morgan fingerprint density at radius 3 is 2.67 bits per heavy atom. The van der Waals surface area contributed by atoms with E-state index in [4.69, 9.17) is 5.73 Å². The average Bonchev–Trinajstić information content (AvgIpc) is 3.15. The fraction of sp³-hybridized carbons (Fsp3) is 0.500. The van der Waals surface area contributed by atoms with Crippen LogP contribution in [0.4, 0.5) is 5.69 Å². The van der Waals surface area contributed by atoms with Gasteiger partial charge in [0, 0.05) is 22.3 Å². The lowest BCUT2D eigenvalue weighted by Crippen LogP contribution is -2.31. The van der Waals surface area contributed by atoms with Crippen molar-refractivity contribution < 1.29 is 4.79 Å². The van der Waals surface area contributed by atoms with E-state index in [-0.39, 0.29) is 5.91 Å². The van der Waals surface area contributed by atoms with E-state index in [1.165, 1.54) is 25.7 Å². The van der Waals surface area contributed by atoms with E-state index < -0.39 is 0 Å². The van der Waals surface area contributed by atoms with Crippen LogP contribution in [0.3, 0.4) is 0 Å². The third-order valence-corrected chi connectivity index (χ3v) is 4.58. The first kappa shape index (κ1) is 12.0. The van der Waals surface area contributed by atoms with Crippen molar-refractivity contribution >= 4 is 27.5 Å². The number of nitrogens with two attached hydrogens (primary N) is 1. The van der Waals surface area contributed by atoms with Crippen molar-refractivity contribution in [3.63, 3.8) is 0 Å². The fourth-order valence-corrected chi connectivity index (χ4v) is 3.20. The Morgan fingerprint density at radius 2 is 2.11 bits per heavy atom. The Hall–Kier alpha value is -1.03. The Morgan fingerprint density at radius 1 is 1.39 bits per heavy atom. The monoisotopic (exact) mass is 308 g/mol. The number of rotatable bonds is 4. The van der Waals surface area contributed by atoms with Gasteiger partial charge < -0.3 is 11.1 Å². The first-order valence-corrected chi connectivity index (χ1v) is 7.23. The molecule has 18 heavy (non-hydrogen) atoms. The summed E-state index contributed by atoms with van der Waals surface area (Å²) < 4.78 is 0.843. The van der Waals surface area contributed by atoms with Gasteiger partial charge in [0.1, 0.15) is 0 Å². The van der Waals surface area contributed by atoms with Crippen LogP contribution in [0.5, 0.6) is 0 Å². The van der Waals surface area contributed by atoms with Crippen molar-refractivity contribution in [2.24, 2.45) is 11.3 Å². The van der Waals surface area contributed by atoms with Crippen LogP contribution in [-0.4, -0.2) is 12.5 Å². The van der Waals surface area contributed by atoms with E-state index in [1.54, 1.807) is 12.1 Å². The van der Waals surface area contributed by atoms with Gasteiger partial charge in [0.2, 0.25) is 0 Å². The van der Waals surface area contributed by atoms with Crippen LogP contribution in [-0.2, 0) is 0 Å². The lowest BCUT2D eigenvalue weighted by atomic mass is 10.0. The van der Waals surface area contributed by atoms with E-state index in [0.29, 0.717) is 16.7 Å². The molecule has 3 nitrogen and oxygen atoms in total. The Balaban J connectivity index is 1.64. The number of halogens is 1. The highest BCUT2D eigenvalue weighted by Crippen LogP contribution is 2.60. The van der Waals surface area contributed by atoms with Gasteiger partial charge in [-0.25, -0.2) is 0 Å². The van der Waals surface area contributed by atoms with Crippen LogP contribution in [0.2, 0.25) is 0 Å². The largest absolute Gasteiger partial charge is 0.399 e. The van der Waals surface area contributed by atoms with Crippen molar-refractivity contribution in [3.8, 4) is 0 Å². The molecule has 1 aromatic rings. The normalized spacial score (nSPS) is 20.5. The second kappa shape index (κ2) is 4.26. The van der Waals surface area contributed by atoms with Gasteiger partial charge in [0.25, 0.3) is 5.91 Å². The Kier molecular flexibility index (Phi) is 2.85. The van der Waals surface area contributed by atoms with E-state index in [9.17, 15) is 4.79 Å². The molecule has 0 saturated heterocycles. The van der Waals surface area contributed by atoms with E-state index in [2.05, 4.69) is 21.2 Å². The van der Waals surface area contributed by atoms with Gasteiger partial charge in [0.15, 0.2) is 0 Å². The minimum atomic E-state index is -0.0186. The number of benzene rings is 1. The minimum absolute atomic E-state index is 0.0186. The van der Waals surface area contributed by atoms with Crippen LogP contribution >= 0.6 is 15.9 Å². The summed E-state index contributed by atoms with van der Waals surface area (Å²) in [4.78, 5) is 12.1. The summed E-state index contributed by atoms with van der Waals surface area (Å²) >= 11 is 3.36. The molecule has 0 spiro atoms. The highest BCUT2D eigenvalue weighted by molar-refractivity contribution is 9.10. The molecule has 2 saturated carbocycles. The summed E-state index contributed by atoms with van der Waals surface area (Å²) in [7, 11) is 0. The molecule has 2 aliphatic rings. The maximum absolute atomic E-state index is 12.1. The molecule has 96 valence electrons. The number of carbonyl (C=O) groups is 1. The predicted molar refractivity (Wildman–Crippen MR) is 75.3 cm³/mol. The first-order chi connectivity index (χ1) is 8.59. The predicted octanol–water partition coefficient (Wildman–Crippen LogP) is 2.95. The molecule has 4 heteroatoms. The lowest BCUT2D eigenvalue weighted by molar-refractivity contribution is 0.0942. The standard InChI is InChI=1S/C14H17BrN2O/c15-11-5-9(6-12(16)7-11)13(18)17-8-14(3-4-14)10-1-2-10/h5-7,10H,1-4,8,16H2,(H,17,18). The van der Waals surface area contributed by atoms with E-state index >= 15 is 0 Å². The van der Waals surface area contributed by atoms with Crippen molar-refractivity contribution in [1.29, 1.82) is 0 Å². The van der Waals surface area contributed by atoms with Gasteiger partial charge in [0.05, 0.1) is 0 Å². The molecule has 1 amide bonds. The zero-order valence-corrected chi connectivity index (χ0v) is 11.8. The van der Waals surface area contributed by atoms with Gasteiger partial charge in [-0.15, -0.1) is 0 Å². The molecule has 0 radical (unpaired) electrons. The van der Waals surface area contributed by atoms with Crippen LogP contribution in [0.15, 0.2) is 22.7 Å². The molecule has 0 aromatic heterocycles. The number of carbonyl (C=O) groups excluding carboxylic acids is 1. The summed E-state index contributed by atoms with van der Waals surface area (Å²) in [5.74, 6) is 0.848. The quantitative estimate of drug-likeness (QED) is 0.840. The van der Waals surface area contributed by atoms with Gasteiger partial charge >= 0.3 is 0 Å². The molecule has 0 bridgehead atoms. The number of amides is 1. The number of anilines is 1. The molecule has 2 aliphatic carbocycles. The second-order valence-electron chi connectivity index (χ2n) is 5.59. The third-order valence-electron chi connectivity index (χ3n) is 4.12. The van der Waals surface area contributed by atoms with Gasteiger partial charge in [-0.1, -0.05) is 15.9 Å². The molecule has 3 rings (SSSR count). The Labute approximate surface area is 115 Å². The molecule has 0 atom stereocenters. The number of hydrogen-bond donors (Lipinski definition) is 2. The molecule has 1 aromatic carbocycles. The third kappa shape index (κ3) is 2.39. The molecule has 0 unspecified atom stereocenters. The van der Waals surface area contributed by atoms with Crippen LogP contribution < -0.4 is 11.1 Å². The van der Waals surface area contributed by atoms with Crippen LogP contribution in [0.25, 0.3) is 0 Å². The SMILES string of the molecule is Nc1cc(Br)cc(C(=O)NCC2(C3CC3)CC2)c1. The highest BCUT2D eigenvalue weighted by atomic mass is 79.9. The zero-order valence-electron chi connectivity index (χ0n) is 10.2. The maximum atomic E-state index is 12.1. The molecule has 2 fully saturated rings. The lowest BCUT2D eigenvalue weighted by Gasteiger charge is -2.15. The second-order valence-corrected chi connectivity index (χ2v) is 6.51. The van der Waals surface area contributed by atoms with E-state index in [0.717, 1.165) is 16.9 Å². The first-order valence-electron chi connectivity index (χ1n) is 6.43. The number of nitrogens with one attached hydrogen (secondary N) is 1.